The van der Waals surface area contributed by atoms with Crippen molar-refractivity contribution in [3.63, 3.8) is 0 Å². The monoisotopic (exact) mass is 388 g/mol. The van der Waals surface area contributed by atoms with Gasteiger partial charge in [0.2, 0.25) is 10.0 Å². The Morgan fingerprint density at radius 3 is 2.38 bits per heavy atom. The Labute approximate surface area is 137 Å². The number of anilines is 2. The van der Waals surface area contributed by atoms with Gasteiger partial charge < -0.3 is 5.32 Å². The van der Waals surface area contributed by atoms with Crippen LogP contribution in [-0.2, 0) is 16.6 Å². The maximum atomic E-state index is 11.2. The first-order chi connectivity index (χ1) is 9.83. The van der Waals surface area contributed by atoms with Gasteiger partial charge in [0.25, 0.3) is 0 Å². The van der Waals surface area contributed by atoms with Crippen LogP contribution in [0.15, 0.2) is 46.9 Å². The Hall–Kier alpha value is -1.24. The van der Waals surface area contributed by atoms with Crippen molar-refractivity contribution >= 4 is 48.9 Å². The molecule has 4 nitrogen and oxygen atoms in total. The molecule has 0 aliphatic heterocycles. The Bertz CT molecular complexity index is 733. The van der Waals surface area contributed by atoms with Crippen LogP contribution in [0.5, 0.6) is 0 Å². The molecule has 0 aliphatic rings. The predicted octanol–water partition coefficient (Wildman–Crippen LogP) is 4.09. The van der Waals surface area contributed by atoms with E-state index < -0.39 is 10.0 Å². The van der Waals surface area contributed by atoms with Gasteiger partial charge in [-0.3, -0.25) is 4.72 Å². The molecule has 112 valence electrons. The summed E-state index contributed by atoms with van der Waals surface area (Å²) in [6, 6.07) is 13.1. The van der Waals surface area contributed by atoms with Gasteiger partial charge in [-0.05, 0) is 35.9 Å². The van der Waals surface area contributed by atoms with Crippen molar-refractivity contribution < 1.29 is 8.42 Å². The van der Waals surface area contributed by atoms with Gasteiger partial charge >= 0.3 is 0 Å². The first-order valence-electron chi connectivity index (χ1n) is 6.09. The van der Waals surface area contributed by atoms with Crippen molar-refractivity contribution in [1.82, 2.24) is 0 Å². The van der Waals surface area contributed by atoms with Crippen LogP contribution in [0.1, 0.15) is 5.56 Å². The number of hydrogen-bond donors (Lipinski definition) is 2. The molecule has 0 aromatic heterocycles. The first-order valence-corrected chi connectivity index (χ1v) is 9.15. The highest BCUT2D eigenvalue weighted by molar-refractivity contribution is 9.10. The Balaban J connectivity index is 2.05. The quantitative estimate of drug-likeness (QED) is 0.810. The minimum atomic E-state index is -3.33. The second-order valence-corrected chi connectivity index (χ2v) is 7.62. The van der Waals surface area contributed by atoms with E-state index in [9.17, 15) is 8.42 Å². The normalized spacial score (nSPS) is 11.2. The van der Waals surface area contributed by atoms with Crippen LogP contribution in [0.3, 0.4) is 0 Å². The molecule has 7 heteroatoms. The summed E-state index contributed by atoms with van der Waals surface area (Å²) in [4.78, 5) is 0. The molecule has 0 heterocycles. The largest absolute Gasteiger partial charge is 0.381 e. The van der Waals surface area contributed by atoms with E-state index in [2.05, 4.69) is 26.0 Å². The lowest BCUT2D eigenvalue weighted by molar-refractivity contribution is 0.607. The average molecular weight is 390 g/mol. The van der Waals surface area contributed by atoms with Crippen molar-refractivity contribution in [1.29, 1.82) is 0 Å². The van der Waals surface area contributed by atoms with Gasteiger partial charge in [0, 0.05) is 16.7 Å². The third-order valence-corrected chi connectivity index (χ3v) is 4.11. The molecule has 2 N–H and O–H groups in total. The van der Waals surface area contributed by atoms with Crippen LogP contribution in [-0.4, -0.2) is 14.7 Å². The maximum Gasteiger partial charge on any atom is 0.229 e. The van der Waals surface area contributed by atoms with Gasteiger partial charge in [0.1, 0.15) is 0 Å². The standard InChI is InChI=1S/C14H14BrClN2O2S/c1-21(19,20)18-14-7-6-12(8-13(14)16)17-9-10-2-4-11(15)5-3-10/h2-8,17-18H,9H2,1H3. The molecule has 0 saturated heterocycles. The van der Waals surface area contributed by atoms with Crippen LogP contribution in [0.25, 0.3) is 0 Å². The predicted molar refractivity (Wildman–Crippen MR) is 91.4 cm³/mol. The van der Waals surface area contributed by atoms with E-state index in [1.807, 2.05) is 24.3 Å². The summed E-state index contributed by atoms with van der Waals surface area (Å²) in [6.45, 7) is 0.655. The van der Waals surface area contributed by atoms with E-state index in [4.69, 9.17) is 11.6 Å². The van der Waals surface area contributed by atoms with Gasteiger partial charge in [-0.25, -0.2) is 8.42 Å². The van der Waals surface area contributed by atoms with Crippen molar-refractivity contribution in [2.24, 2.45) is 0 Å². The number of nitrogens with one attached hydrogen (secondary N) is 2. The third-order valence-electron chi connectivity index (χ3n) is 2.67. The summed E-state index contributed by atoms with van der Waals surface area (Å²) in [5.74, 6) is 0. The minimum Gasteiger partial charge on any atom is -0.381 e. The van der Waals surface area contributed by atoms with E-state index in [0.29, 0.717) is 17.3 Å². The molecule has 0 saturated carbocycles. The Morgan fingerprint density at radius 2 is 1.81 bits per heavy atom. The molecule has 0 atom stereocenters. The molecule has 21 heavy (non-hydrogen) atoms. The molecule has 2 aromatic rings. The number of hydrogen-bond acceptors (Lipinski definition) is 3. The highest BCUT2D eigenvalue weighted by Gasteiger charge is 2.07. The summed E-state index contributed by atoms with van der Waals surface area (Å²) in [6.07, 6.45) is 1.09. The van der Waals surface area contributed by atoms with Gasteiger partial charge in [0.05, 0.1) is 17.0 Å². The second-order valence-electron chi connectivity index (χ2n) is 4.55. The van der Waals surface area contributed by atoms with Crippen molar-refractivity contribution in [2.45, 2.75) is 6.54 Å². The van der Waals surface area contributed by atoms with Crippen LogP contribution in [0, 0.1) is 0 Å². The van der Waals surface area contributed by atoms with E-state index in [1.165, 1.54) is 0 Å². The van der Waals surface area contributed by atoms with E-state index in [-0.39, 0.29) is 0 Å². The van der Waals surface area contributed by atoms with Crippen molar-refractivity contribution in [3.05, 3.63) is 57.5 Å². The summed E-state index contributed by atoms with van der Waals surface area (Å²) < 4.78 is 25.8. The lowest BCUT2D eigenvalue weighted by Gasteiger charge is -2.10. The molecule has 0 spiro atoms. The molecule has 0 unspecified atom stereocenters. The van der Waals surface area contributed by atoms with Crippen LogP contribution < -0.4 is 10.0 Å². The summed E-state index contributed by atoms with van der Waals surface area (Å²) in [7, 11) is -3.33. The lowest BCUT2D eigenvalue weighted by Crippen LogP contribution is -2.10. The van der Waals surface area contributed by atoms with Crippen molar-refractivity contribution in [2.75, 3.05) is 16.3 Å². The van der Waals surface area contributed by atoms with Crippen LogP contribution >= 0.6 is 27.5 Å². The summed E-state index contributed by atoms with van der Waals surface area (Å²) in [5.41, 5.74) is 2.32. The SMILES string of the molecule is CS(=O)(=O)Nc1ccc(NCc2ccc(Br)cc2)cc1Cl. The fourth-order valence-corrected chi connectivity index (χ4v) is 2.84. The van der Waals surface area contributed by atoms with Gasteiger partial charge in [-0.15, -0.1) is 0 Å². The molecule has 2 rings (SSSR count). The number of benzene rings is 2. The smallest absolute Gasteiger partial charge is 0.229 e. The van der Waals surface area contributed by atoms with Crippen molar-refractivity contribution in [3.8, 4) is 0 Å². The van der Waals surface area contributed by atoms with E-state index >= 15 is 0 Å². The number of rotatable bonds is 5. The zero-order valence-corrected chi connectivity index (χ0v) is 14.4. The molecule has 0 amide bonds. The third kappa shape index (κ3) is 5.22. The summed E-state index contributed by atoms with van der Waals surface area (Å²) >= 11 is 9.45. The molecule has 0 bridgehead atoms. The highest BCUT2D eigenvalue weighted by atomic mass is 79.9. The topological polar surface area (TPSA) is 58.2 Å². The lowest BCUT2D eigenvalue weighted by atomic mass is 10.2. The van der Waals surface area contributed by atoms with Gasteiger partial charge in [-0.1, -0.05) is 39.7 Å². The van der Waals surface area contributed by atoms with Gasteiger partial charge in [0.15, 0.2) is 0 Å². The molecular formula is C14H14BrClN2O2S. The minimum absolute atomic E-state index is 0.348. The highest BCUT2D eigenvalue weighted by Crippen LogP contribution is 2.26. The zero-order chi connectivity index (χ0) is 15.5. The summed E-state index contributed by atoms with van der Waals surface area (Å²) in [5, 5.41) is 3.58. The van der Waals surface area contributed by atoms with E-state index in [1.54, 1.807) is 18.2 Å². The Morgan fingerprint density at radius 1 is 1.14 bits per heavy atom. The van der Waals surface area contributed by atoms with E-state index in [0.717, 1.165) is 22.0 Å². The van der Waals surface area contributed by atoms with Gasteiger partial charge in [-0.2, -0.15) is 0 Å². The number of halogens is 2. The maximum absolute atomic E-state index is 11.2. The second kappa shape index (κ2) is 6.68. The van der Waals surface area contributed by atoms with Crippen LogP contribution in [0.4, 0.5) is 11.4 Å². The molecule has 0 fully saturated rings. The Kier molecular flexibility index (Phi) is 5.13. The fraction of sp³-hybridized carbons (Fsp3) is 0.143. The molecular weight excluding hydrogens is 376 g/mol. The average Bonchev–Trinajstić information content (AvgIpc) is 2.40. The molecule has 0 radical (unpaired) electrons. The first kappa shape index (κ1) is 16.1. The zero-order valence-electron chi connectivity index (χ0n) is 11.2. The number of sulfonamides is 1. The van der Waals surface area contributed by atoms with Crippen LogP contribution in [0.2, 0.25) is 5.02 Å². The molecule has 0 aliphatic carbocycles. The molecule has 2 aromatic carbocycles. The fourth-order valence-electron chi connectivity index (χ4n) is 1.71.